The Morgan fingerprint density at radius 2 is 2.00 bits per heavy atom. The maximum Gasteiger partial charge on any atom is 0.204 e. The smallest absolute Gasteiger partial charge is 0.204 e. The van der Waals surface area contributed by atoms with Gasteiger partial charge in [-0.2, -0.15) is 5.10 Å². The highest BCUT2D eigenvalue weighted by Crippen LogP contribution is 2.25. The molecule has 0 radical (unpaired) electrons. The van der Waals surface area contributed by atoms with Crippen LogP contribution in [-0.4, -0.2) is 23.8 Å². The van der Waals surface area contributed by atoms with Crippen molar-refractivity contribution in [3.63, 3.8) is 0 Å². The zero-order valence-corrected chi connectivity index (χ0v) is 11.5. The highest BCUT2D eigenvalue weighted by molar-refractivity contribution is 7.22. The van der Waals surface area contributed by atoms with E-state index in [4.69, 9.17) is 0 Å². The topological polar surface area (TPSA) is 49.3 Å². The number of thiazole rings is 1. The number of halogens is 1. The zero-order valence-electron chi connectivity index (χ0n) is 9.85. The summed E-state index contributed by atoms with van der Waals surface area (Å²) in [5.41, 5.74) is 5.33. The second-order valence-electron chi connectivity index (χ2n) is 4.03. The summed E-state index contributed by atoms with van der Waals surface area (Å²) >= 11 is 1.64. The van der Waals surface area contributed by atoms with Crippen LogP contribution in [0, 0.1) is 0 Å². The lowest BCUT2D eigenvalue weighted by Crippen LogP contribution is -2.28. The van der Waals surface area contributed by atoms with Crippen molar-refractivity contribution in [3.8, 4) is 0 Å². The van der Waals surface area contributed by atoms with Gasteiger partial charge in [-0.1, -0.05) is 23.5 Å². The Bertz CT molecular complexity index is 511. The third-order valence-electron chi connectivity index (χ3n) is 2.78. The van der Waals surface area contributed by atoms with Crippen LogP contribution >= 0.6 is 23.7 Å². The van der Waals surface area contributed by atoms with Gasteiger partial charge in [-0.25, -0.2) is 4.98 Å². The minimum atomic E-state index is 0. The highest BCUT2D eigenvalue weighted by Gasteiger charge is 2.06. The Labute approximate surface area is 116 Å². The van der Waals surface area contributed by atoms with Crippen molar-refractivity contribution in [2.75, 3.05) is 18.5 Å². The highest BCUT2D eigenvalue weighted by atomic mass is 35.5. The summed E-state index contributed by atoms with van der Waals surface area (Å²) in [7, 11) is 0. The van der Waals surface area contributed by atoms with Crippen molar-refractivity contribution in [1.29, 1.82) is 0 Å². The van der Waals surface area contributed by atoms with E-state index in [0.717, 1.165) is 36.6 Å². The van der Waals surface area contributed by atoms with Crippen molar-refractivity contribution >= 4 is 44.8 Å². The molecule has 1 aliphatic rings. The lowest BCUT2D eigenvalue weighted by Gasteiger charge is -2.13. The van der Waals surface area contributed by atoms with E-state index >= 15 is 0 Å². The molecule has 2 heterocycles. The normalized spacial score (nSPS) is 15.2. The van der Waals surface area contributed by atoms with Gasteiger partial charge in [-0.05, 0) is 12.1 Å². The number of benzene rings is 1. The van der Waals surface area contributed by atoms with Gasteiger partial charge >= 0.3 is 0 Å². The van der Waals surface area contributed by atoms with Crippen LogP contribution in [0.15, 0.2) is 29.4 Å². The molecule has 0 atom stereocenters. The second kappa shape index (κ2) is 6.13. The number of hydrogen-bond donors (Lipinski definition) is 2. The lowest BCUT2D eigenvalue weighted by molar-refractivity contribution is 0.670. The number of rotatable bonds is 2. The van der Waals surface area contributed by atoms with Crippen LogP contribution in [0.3, 0.4) is 0 Å². The molecule has 0 saturated carbocycles. The van der Waals surface area contributed by atoms with E-state index in [0.29, 0.717) is 0 Å². The quantitative estimate of drug-likeness (QED) is 0.833. The Hall–Kier alpha value is -1.17. The third-order valence-corrected chi connectivity index (χ3v) is 3.73. The SMILES string of the molecule is Cl.c1ccc2sc(NN=C3CCNCC3)nc2c1. The molecule has 1 aromatic carbocycles. The van der Waals surface area contributed by atoms with Crippen molar-refractivity contribution in [2.45, 2.75) is 12.8 Å². The van der Waals surface area contributed by atoms with Crippen LogP contribution in [0.25, 0.3) is 10.2 Å². The number of para-hydroxylation sites is 1. The molecule has 1 fully saturated rings. The summed E-state index contributed by atoms with van der Waals surface area (Å²) in [5.74, 6) is 0. The summed E-state index contributed by atoms with van der Waals surface area (Å²) in [5, 5.41) is 8.61. The van der Waals surface area contributed by atoms with E-state index in [1.54, 1.807) is 11.3 Å². The molecule has 0 bridgehead atoms. The maximum absolute atomic E-state index is 4.48. The van der Waals surface area contributed by atoms with Gasteiger partial charge in [0, 0.05) is 31.6 Å². The predicted molar refractivity (Wildman–Crippen MR) is 80.0 cm³/mol. The first-order chi connectivity index (χ1) is 8.42. The minimum Gasteiger partial charge on any atom is -0.316 e. The van der Waals surface area contributed by atoms with E-state index in [1.807, 2.05) is 18.2 Å². The van der Waals surface area contributed by atoms with Crippen molar-refractivity contribution in [1.82, 2.24) is 10.3 Å². The van der Waals surface area contributed by atoms with E-state index in [2.05, 4.69) is 26.9 Å². The molecule has 6 heteroatoms. The number of nitrogens with zero attached hydrogens (tertiary/aromatic N) is 2. The van der Waals surface area contributed by atoms with Gasteiger partial charge in [0.25, 0.3) is 0 Å². The molecule has 96 valence electrons. The number of hydrazone groups is 1. The van der Waals surface area contributed by atoms with Crippen LogP contribution in [0.1, 0.15) is 12.8 Å². The number of piperidine rings is 1. The maximum atomic E-state index is 4.48. The average Bonchev–Trinajstić information content (AvgIpc) is 2.80. The van der Waals surface area contributed by atoms with E-state index in [1.165, 1.54) is 10.4 Å². The van der Waals surface area contributed by atoms with Gasteiger partial charge < -0.3 is 5.32 Å². The average molecular weight is 283 g/mol. The molecule has 18 heavy (non-hydrogen) atoms. The molecule has 0 unspecified atom stereocenters. The fraction of sp³-hybridized carbons (Fsp3) is 0.333. The monoisotopic (exact) mass is 282 g/mol. The summed E-state index contributed by atoms with van der Waals surface area (Å²) in [4.78, 5) is 4.48. The van der Waals surface area contributed by atoms with Gasteiger partial charge in [0.2, 0.25) is 5.13 Å². The molecule has 0 aliphatic carbocycles. The molecule has 2 N–H and O–H groups in total. The Kier molecular flexibility index (Phi) is 4.52. The molecule has 1 aromatic heterocycles. The first-order valence-electron chi connectivity index (χ1n) is 5.79. The fourth-order valence-electron chi connectivity index (χ4n) is 1.87. The van der Waals surface area contributed by atoms with Crippen LogP contribution in [0.2, 0.25) is 0 Å². The first-order valence-corrected chi connectivity index (χ1v) is 6.61. The van der Waals surface area contributed by atoms with Crippen LogP contribution in [0.4, 0.5) is 5.13 Å². The fourth-order valence-corrected chi connectivity index (χ4v) is 2.68. The van der Waals surface area contributed by atoms with Crippen LogP contribution in [-0.2, 0) is 0 Å². The number of fused-ring (bicyclic) bond motifs is 1. The summed E-state index contributed by atoms with van der Waals surface area (Å²) in [6, 6.07) is 8.14. The van der Waals surface area contributed by atoms with E-state index in [-0.39, 0.29) is 12.4 Å². The number of aromatic nitrogens is 1. The Morgan fingerprint density at radius 1 is 1.22 bits per heavy atom. The standard InChI is InChI=1S/C12H14N4S.ClH/c1-2-4-11-10(3-1)14-12(17-11)16-15-9-5-7-13-8-6-9;/h1-4,13H,5-8H2,(H,14,16);1H. The Morgan fingerprint density at radius 3 is 2.78 bits per heavy atom. The lowest BCUT2D eigenvalue weighted by atomic mass is 10.1. The molecule has 0 spiro atoms. The van der Waals surface area contributed by atoms with Crippen LogP contribution in [0.5, 0.6) is 0 Å². The van der Waals surface area contributed by atoms with E-state index in [9.17, 15) is 0 Å². The zero-order chi connectivity index (χ0) is 11.5. The number of anilines is 1. The predicted octanol–water partition coefficient (Wildman–Crippen LogP) is 2.87. The number of hydrogen-bond acceptors (Lipinski definition) is 5. The summed E-state index contributed by atoms with van der Waals surface area (Å²) in [6.45, 7) is 2.06. The van der Waals surface area contributed by atoms with Crippen molar-refractivity contribution < 1.29 is 0 Å². The van der Waals surface area contributed by atoms with E-state index < -0.39 is 0 Å². The van der Waals surface area contributed by atoms with Gasteiger partial charge in [0.05, 0.1) is 10.2 Å². The Balaban J connectivity index is 0.00000120. The molecule has 1 saturated heterocycles. The third kappa shape index (κ3) is 2.98. The molecule has 1 aliphatic heterocycles. The molecule has 0 amide bonds. The van der Waals surface area contributed by atoms with Gasteiger partial charge in [-0.15, -0.1) is 12.4 Å². The minimum absolute atomic E-state index is 0. The second-order valence-corrected chi connectivity index (χ2v) is 5.06. The van der Waals surface area contributed by atoms with Crippen molar-refractivity contribution in [3.05, 3.63) is 24.3 Å². The summed E-state index contributed by atoms with van der Waals surface area (Å²) in [6.07, 6.45) is 2.05. The van der Waals surface area contributed by atoms with Crippen molar-refractivity contribution in [2.24, 2.45) is 5.10 Å². The molecular formula is C12H15ClN4S. The number of nitrogens with one attached hydrogen (secondary N) is 2. The molecule has 4 nitrogen and oxygen atoms in total. The molecule has 3 rings (SSSR count). The van der Waals surface area contributed by atoms with Gasteiger partial charge in [0.1, 0.15) is 0 Å². The van der Waals surface area contributed by atoms with Crippen LogP contribution < -0.4 is 10.7 Å². The van der Waals surface area contributed by atoms with Gasteiger partial charge in [-0.3, -0.25) is 5.43 Å². The molecule has 2 aromatic rings. The summed E-state index contributed by atoms with van der Waals surface area (Å²) < 4.78 is 1.19. The van der Waals surface area contributed by atoms with Gasteiger partial charge in [0.15, 0.2) is 0 Å². The largest absolute Gasteiger partial charge is 0.316 e. The molecular weight excluding hydrogens is 268 g/mol. The first kappa shape index (κ1) is 13.3.